The molecule has 7 nitrogen and oxygen atoms in total. The predicted octanol–water partition coefficient (Wildman–Crippen LogP) is 0.674. The minimum Gasteiger partial charge on any atom is -0.379 e. The van der Waals surface area contributed by atoms with Gasteiger partial charge in [0, 0.05) is 19.0 Å². The second kappa shape index (κ2) is 6.53. The van der Waals surface area contributed by atoms with Crippen molar-refractivity contribution in [2.24, 2.45) is 0 Å². The molecule has 1 aliphatic heterocycles. The van der Waals surface area contributed by atoms with Crippen LogP contribution < -0.4 is 5.32 Å². The molecular weight excluding hydrogens is 272 g/mol. The summed E-state index contributed by atoms with van der Waals surface area (Å²) in [4.78, 5) is 18.8. The Bertz CT molecular complexity index is 480. The molecule has 2 fully saturated rings. The Morgan fingerprint density at radius 1 is 1.43 bits per heavy atom. The third-order valence-electron chi connectivity index (χ3n) is 4.02. The summed E-state index contributed by atoms with van der Waals surface area (Å²) in [6.45, 7) is 5.32. The van der Waals surface area contributed by atoms with E-state index in [9.17, 15) is 4.79 Å². The van der Waals surface area contributed by atoms with E-state index in [1.807, 2.05) is 6.92 Å². The van der Waals surface area contributed by atoms with Gasteiger partial charge in [-0.25, -0.2) is 0 Å². The molecular formula is C14H22N4O3. The Hall–Kier alpha value is -1.47. The van der Waals surface area contributed by atoms with E-state index in [1.165, 1.54) is 0 Å². The molecule has 0 unspecified atom stereocenters. The third kappa shape index (κ3) is 3.59. The maximum Gasteiger partial charge on any atom is 0.246 e. The molecule has 0 radical (unpaired) electrons. The van der Waals surface area contributed by atoms with E-state index in [2.05, 4.69) is 20.4 Å². The molecule has 116 valence electrons. The Kier molecular flexibility index (Phi) is 4.50. The summed E-state index contributed by atoms with van der Waals surface area (Å²) in [6, 6.07) is -0.111. The second-order valence-corrected chi connectivity index (χ2v) is 5.61. The van der Waals surface area contributed by atoms with Gasteiger partial charge in [0.25, 0.3) is 0 Å². The Labute approximate surface area is 124 Å². The summed E-state index contributed by atoms with van der Waals surface area (Å²) in [7, 11) is 0. The average molecular weight is 294 g/mol. The van der Waals surface area contributed by atoms with Crippen LogP contribution in [0.15, 0.2) is 4.52 Å². The topological polar surface area (TPSA) is 80.5 Å². The lowest BCUT2D eigenvalue weighted by Gasteiger charge is -2.32. The molecule has 3 rings (SSSR count). The predicted molar refractivity (Wildman–Crippen MR) is 74.6 cm³/mol. The molecule has 1 amide bonds. The lowest BCUT2D eigenvalue weighted by Crippen LogP contribution is -2.50. The molecule has 1 aromatic heterocycles. The minimum atomic E-state index is -0.111. The number of morpholine rings is 1. The average Bonchev–Trinajstić information content (AvgIpc) is 3.26. The van der Waals surface area contributed by atoms with Crippen molar-refractivity contribution in [3.05, 3.63) is 11.7 Å². The monoisotopic (exact) mass is 294 g/mol. The molecule has 2 aliphatic rings. The highest BCUT2D eigenvalue weighted by atomic mass is 16.5. The fourth-order valence-electron chi connectivity index (χ4n) is 2.63. The molecule has 1 N–H and O–H groups in total. The molecule has 1 atom stereocenters. The lowest BCUT2D eigenvalue weighted by atomic mass is 10.1. The van der Waals surface area contributed by atoms with Gasteiger partial charge in [-0.1, -0.05) is 12.1 Å². The summed E-state index contributed by atoms with van der Waals surface area (Å²) in [5.74, 6) is 1.75. The summed E-state index contributed by atoms with van der Waals surface area (Å²) in [5, 5.41) is 6.85. The van der Waals surface area contributed by atoms with Gasteiger partial charge in [-0.15, -0.1) is 0 Å². The van der Waals surface area contributed by atoms with Gasteiger partial charge < -0.3 is 14.6 Å². The van der Waals surface area contributed by atoms with Crippen molar-refractivity contribution in [1.82, 2.24) is 20.4 Å². The van der Waals surface area contributed by atoms with Gasteiger partial charge in [-0.05, 0) is 19.3 Å². The van der Waals surface area contributed by atoms with Crippen LogP contribution in [0.4, 0.5) is 0 Å². The Morgan fingerprint density at radius 3 is 2.86 bits per heavy atom. The zero-order chi connectivity index (χ0) is 14.7. The number of hydrogen-bond donors (Lipinski definition) is 1. The molecule has 7 heteroatoms. The molecule has 1 aromatic rings. The van der Waals surface area contributed by atoms with Crippen LogP contribution >= 0.6 is 0 Å². The number of ether oxygens (including phenoxy) is 1. The van der Waals surface area contributed by atoms with Crippen LogP contribution in [0.1, 0.15) is 43.8 Å². The normalized spacial score (nSPS) is 21.2. The van der Waals surface area contributed by atoms with Gasteiger partial charge in [-0.3, -0.25) is 9.69 Å². The number of nitrogens with zero attached hydrogens (tertiary/aromatic N) is 3. The summed E-state index contributed by atoms with van der Waals surface area (Å²) in [6.07, 6.45) is 3.06. The van der Waals surface area contributed by atoms with Crippen molar-refractivity contribution in [3.63, 3.8) is 0 Å². The molecule has 1 saturated carbocycles. The van der Waals surface area contributed by atoms with Crippen LogP contribution in [0.2, 0.25) is 0 Å². The first-order chi connectivity index (χ1) is 10.3. The van der Waals surface area contributed by atoms with E-state index < -0.39 is 0 Å². The zero-order valence-electron chi connectivity index (χ0n) is 12.4. The van der Waals surface area contributed by atoms with Crippen molar-refractivity contribution in [3.8, 4) is 0 Å². The molecule has 1 saturated heterocycles. The molecule has 2 heterocycles. The van der Waals surface area contributed by atoms with Crippen molar-refractivity contribution in [1.29, 1.82) is 0 Å². The van der Waals surface area contributed by atoms with Gasteiger partial charge in [0.1, 0.15) is 0 Å². The van der Waals surface area contributed by atoms with E-state index in [-0.39, 0.29) is 11.9 Å². The summed E-state index contributed by atoms with van der Waals surface area (Å²) < 4.78 is 10.5. The fourth-order valence-corrected chi connectivity index (χ4v) is 2.63. The van der Waals surface area contributed by atoms with E-state index in [1.54, 1.807) is 0 Å². The van der Waals surface area contributed by atoms with Crippen molar-refractivity contribution < 1.29 is 14.1 Å². The van der Waals surface area contributed by atoms with Crippen LogP contribution in [0.5, 0.6) is 0 Å². The smallest absolute Gasteiger partial charge is 0.246 e. The van der Waals surface area contributed by atoms with Crippen LogP contribution in [0.3, 0.4) is 0 Å². The van der Waals surface area contributed by atoms with Crippen molar-refractivity contribution >= 4 is 5.91 Å². The highest BCUT2D eigenvalue weighted by Gasteiger charge is 2.29. The Balaban J connectivity index is 1.51. The van der Waals surface area contributed by atoms with Crippen LogP contribution in [-0.4, -0.2) is 53.3 Å². The first-order valence-corrected chi connectivity index (χ1v) is 7.70. The van der Waals surface area contributed by atoms with Gasteiger partial charge in [0.05, 0.1) is 25.8 Å². The van der Waals surface area contributed by atoms with Gasteiger partial charge in [0.2, 0.25) is 11.8 Å². The number of rotatable bonds is 6. The number of carbonyl (C=O) groups excluding carboxylic acids is 1. The van der Waals surface area contributed by atoms with Crippen LogP contribution in [-0.2, 0) is 16.1 Å². The standard InChI is InChI=1S/C14H22N4O3/c1-2-11(18-5-7-20-8-6-18)14(19)15-9-12-16-13(17-21-12)10-3-4-10/h10-11H,2-9H2,1H3,(H,15,19)/t11-/m0/s1. The Morgan fingerprint density at radius 2 is 2.19 bits per heavy atom. The van der Waals surface area contributed by atoms with Crippen LogP contribution in [0.25, 0.3) is 0 Å². The SMILES string of the molecule is CC[C@@H](C(=O)NCc1nc(C2CC2)no1)N1CCOCC1. The van der Waals surface area contributed by atoms with E-state index in [0.717, 1.165) is 38.2 Å². The summed E-state index contributed by atoms with van der Waals surface area (Å²) >= 11 is 0. The summed E-state index contributed by atoms with van der Waals surface area (Å²) in [5.41, 5.74) is 0. The fraction of sp³-hybridized carbons (Fsp3) is 0.786. The maximum atomic E-state index is 12.3. The molecule has 1 aliphatic carbocycles. The van der Waals surface area contributed by atoms with E-state index in [0.29, 0.717) is 31.6 Å². The molecule has 0 bridgehead atoms. The maximum absolute atomic E-state index is 12.3. The molecule has 0 spiro atoms. The molecule has 0 aromatic carbocycles. The van der Waals surface area contributed by atoms with E-state index in [4.69, 9.17) is 9.26 Å². The first kappa shape index (κ1) is 14.5. The highest BCUT2D eigenvalue weighted by molar-refractivity contribution is 5.81. The highest BCUT2D eigenvalue weighted by Crippen LogP contribution is 2.38. The van der Waals surface area contributed by atoms with Crippen molar-refractivity contribution in [2.75, 3.05) is 26.3 Å². The lowest BCUT2D eigenvalue weighted by molar-refractivity contribution is -0.128. The zero-order valence-corrected chi connectivity index (χ0v) is 12.4. The number of hydrogen-bond acceptors (Lipinski definition) is 6. The van der Waals surface area contributed by atoms with Crippen LogP contribution in [0, 0.1) is 0 Å². The number of amides is 1. The minimum absolute atomic E-state index is 0.0190. The number of nitrogens with one attached hydrogen (secondary N) is 1. The third-order valence-corrected chi connectivity index (χ3v) is 4.02. The van der Waals surface area contributed by atoms with Gasteiger partial charge >= 0.3 is 0 Å². The van der Waals surface area contributed by atoms with Gasteiger partial charge in [0.15, 0.2) is 5.82 Å². The second-order valence-electron chi connectivity index (χ2n) is 5.61. The number of carbonyl (C=O) groups is 1. The quantitative estimate of drug-likeness (QED) is 0.831. The van der Waals surface area contributed by atoms with Gasteiger partial charge in [-0.2, -0.15) is 4.98 Å². The number of aromatic nitrogens is 2. The van der Waals surface area contributed by atoms with Crippen molar-refractivity contribution in [2.45, 2.75) is 44.7 Å². The molecule has 21 heavy (non-hydrogen) atoms. The largest absolute Gasteiger partial charge is 0.379 e. The first-order valence-electron chi connectivity index (χ1n) is 7.70. The van der Waals surface area contributed by atoms with E-state index >= 15 is 0 Å².